The molecule has 0 unspecified atom stereocenters. The van der Waals surface area contributed by atoms with Gasteiger partial charge in [0.2, 0.25) is 11.8 Å². The molecule has 12 aromatic rings. The molecule has 0 saturated carbocycles. The van der Waals surface area contributed by atoms with Crippen molar-refractivity contribution in [1.82, 2.24) is 34.5 Å². The summed E-state index contributed by atoms with van der Waals surface area (Å²) >= 11 is 0. The van der Waals surface area contributed by atoms with Gasteiger partial charge in [0.25, 0.3) is 0 Å². The van der Waals surface area contributed by atoms with Crippen molar-refractivity contribution < 1.29 is 13.3 Å². The van der Waals surface area contributed by atoms with E-state index in [4.69, 9.17) is 43.2 Å². The number of hydrogen-bond donors (Lipinski definition) is 0. The molecule has 0 saturated heterocycles. The fraction of sp³-hybridized carbons (Fsp3) is 0.0204. The van der Waals surface area contributed by atoms with E-state index in [1.807, 2.05) is 134 Å². The lowest BCUT2D eigenvalue weighted by Gasteiger charge is -2.11. The molecule has 7 aromatic carbocycles. The predicted octanol–water partition coefficient (Wildman–Crippen LogP) is 11.9. The van der Waals surface area contributed by atoms with Crippen molar-refractivity contribution in [3.63, 3.8) is 0 Å². The lowest BCUT2D eigenvalue weighted by molar-refractivity contribution is 0.617. The molecule has 0 aliphatic rings. The monoisotopic (exact) mass is 763 g/mol. The van der Waals surface area contributed by atoms with E-state index in [0.717, 1.165) is 77.6 Å². The van der Waals surface area contributed by atoms with Crippen LogP contribution >= 0.6 is 0 Å². The Bertz CT molecular complexity index is 3440. The summed E-state index contributed by atoms with van der Waals surface area (Å²) in [6.07, 6.45) is 0. The highest BCUT2D eigenvalue weighted by Gasteiger charge is 2.20. The Hall–Kier alpha value is -8.24. The fourth-order valence-corrected chi connectivity index (χ4v) is 7.80. The summed E-state index contributed by atoms with van der Waals surface area (Å²) in [6, 6.07) is 51.7. The molecule has 0 bridgehead atoms. The third-order valence-electron chi connectivity index (χ3n) is 10.7. The van der Waals surface area contributed by atoms with E-state index in [-0.39, 0.29) is 0 Å². The number of rotatable bonds is 6. The predicted molar refractivity (Wildman–Crippen MR) is 229 cm³/mol. The van der Waals surface area contributed by atoms with Crippen molar-refractivity contribution in [3.05, 3.63) is 158 Å². The van der Waals surface area contributed by atoms with Crippen LogP contribution in [0.2, 0.25) is 0 Å². The maximum atomic E-state index is 6.30. The molecule has 10 nitrogen and oxygen atoms in total. The number of nitrogens with zero attached hydrogens (tertiary/aromatic N) is 7. The zero-order valence-corrected chi connectivity index (χ0v) is 31.4. The summed E-state index contributed by atoms with van der Waals surface area (Å²) < 4.78 is 20.9. The Kier molecular flexibility index (Phi) is 7.21. The van der Waals surface area contributed by atoms with Crippen molar-refractivity contribution in [3.8, 4) is 68.5 Å². The number of aromatic nitrogens is 7. The number of benzene rings is 7. The number of oxazole rings is 2. The van der Waals surface area contributed by atoms with E-state index in [1.54, 1.807) is 0 Å². The average molecular weight is 764 g/mol. The van der Waals surface area contributed by atoms with Gasteiger partial charge in [-0.25, -0.2) is 29.9 Å². The zero-order valence-electron chi connectivity index (χ0n) is 31.4. The highest BCUT2D eigenvalue weighted by Crippen LogP contribution is 2.37. The number of aryl methyl sites for hydroxylation is 1. The van der Waals surface area contributed by atoms with Crippen molar-refractivity contribution in [1.29, 1.82) is 0 Å². The molecule has 0 aliphatic carbocycles. The Morgan fingerprint density at radius 2 is 0.898 bits per heavy atom. The van der Waals surface area contributed by atoms with Gasteiger partial charge in [-0.15, -0.1) is 0 Å². The molecule has 278 valence electrons. The molecule has 59 heavy (non-hydrogen) atoms. The van der Waals surface area contributed by atoms with Crippen molar-refractivity contribution in [2.75, 3.05) is 0 Å². The molecule has 12 rings (SSSR count). The Morgan fingerprint density at radius 1 is 0.356 bits per heavy atom. The molecular formula is C49H29N7O3. The maximum absolute atomic E-state index is 6.30. The maximum Gasteiger partial charge on any atom is 0.227 e. The van der Waals surface area contributed by atoms with Crippen LogP contribution in [0.5, 0.6) is 0 Å². The van der Waals surface area contributed by atoms with Crippen LogP contribution < -0.4 is 0 Å². The van der Waals surface area contributed by atoms with Crippen LogP contribution in [-0.4, -0.2) is 34.5 Å². The summed E-state index contributed by atoms with van der Waals surface area (Å²) in [7, 11) is 2.03. The fourth-order valence-electron chi connectivity index (χ4n) is 7.80. The Balaban J connectivity index is 1.08. The first kappa shape index (κ1) is 33.0. The highest BCUT2D eigenvalue weighted by molar-refractivity contribution is 6.06. The lowest BCUT2D eigenvalue weighted by Crippen LogP contribution is -2.01. The zero-order chi connectivity index (χ0) is 39.0. The van der Waals surface area contributed by atoms with Gasteiger partial charge in [0.15, 0.2) is 28.6 Å². The quantitative estimate of drug-likeness (QED) is 0.163. The summed E-state index contributed by atoms with van der Waals surface area (Å²) in [6.45, 7) is 0. The molecule has 10 heteroatoms. The van der Waals surface area contributed by atoms with Crippen LogP contribution in [0.1, 0.15) is 0 Å². The van der Waals surface area contributed by atoms with Gasteiger partial charge >= 0.3 is 0 Å². The summed E-state index contributed by atoms with van der Waals surface area (Å²) in [5, 5.41) is 1.99. The molecule has 5 aromatic heterocycles. The first-order valence-corrected chi connectivity index (χ1v) is 19.2. The SMILES string of the molecule is Cn1c(-c2ccccc2)nc2ccc(-c3nc(-c4cc(-c5nc6ccccc6o5)cc(-c5nc6ccccc6o5)c4)nc(-c4ccc5oc6ccccc6c5c4)n3)cc21. The second kappa shape index (κ2) is 12.9. The number of furan rings is 1. The summed E-state index contributed by atoms with van der Waals surface area (Å²) in [5.41, 5.74) is 11.1. The van der Waals surface area contributed by atoms with Crippen LogP contribution in [0.4, 0.5) is 0 Å². The van der Waals surface area contributed by atoms with Crippen molar-refractivity contribution in [2.45, 2.75) is 0 Å². The van der Waals surface area contributed by atoms with E-state index in [2.05, 4.69) is 34.9 Å². The number of imidazole rings is 1. The minimum absolute atomic E-state index is 0.451. The minimum atomic E-state index is 0.451. The molecular weight excluding hydrogens is 735 g/mol. The van der Waals surface area contributed by atoms with E-state index in [9.17, 15) is 0 Å². The second-order valence-electron chi connectivity index (χ2n) is 14.5. The first-order valence-electron chi connectivity index (χ1n) is 19.2. The van der Waals surface area contributed by atoms with Gasteiger partial charge in [-0.3, -0.25) is 0 Å². The molecule has 0 aliphatic heterocycles. The van der Waals surface area contributed by atoms with Gasteiger partial charge in [-0.1, -0.05) is 72.8 Å². The van der Waals surface area contributed by atoms with Crippen LogP contribution in [-0.2, 0) is 7.05 Å². The molecule has 0 atom stereocenters. The van der Waals surface area contributed by atoms with E-state index in [0.29, 0.717) is 46.0 Å². The molecule has 0 spiro atoms. The van der Waals surface area contributed by atoms with Gasteiger partial charge in [-0.05, 0) is 84.9 Å². The summed E-state index contributed by atoms with van der Waals surface area (Å²) in [4.78, 5) is 30.2. The van der Waals surface area contributed by atoms with Gasteiger partial charge in [0.1, 0.15) is 28.0 Å². The molecule has 0 fully saturated rings. The van der Waals surface area contributed by atoms with Crippen LogP contribution in [0.25, 0.3) is 124 Å². The number of hydrogen-bond acceptors (Lipinski definition) is 9. The number of para-hydroxylation sites is 5. The first-order chi connectivity index (χ1) is 29.1. The van der Waals surface area contributed by atoms with Gasteiger partial charge < -0.3 is 17.8 Å². The smallest absolute Gasteiger partial charge is 0.227 e. The molecule has 0 amide bonds. The lowest BCUT2D eigenvalue weighted by atomic mass is 10.0. The van der Waals surface area contributed by atoms with E-state index in [1.165, 1.54) is 0 Å². The van der Waals surface area contributed by atoms with Gasteiger partial charge in [0.05, 0.1) is 11.0 Å². The average Bonchev–Trinajstić information content (AvgIpc) is 4.09. The molecule has 5 heterocycles. The van der Waals surface area contributed by atoms with Crippen LogP contribution in [0, 0.1) is 0 Å². The van der Waals surface area contributed by atoms with Gasteiger partial charge in [0, 0.05) is 51.2 Å². The third-order valence-corrected chi connectivity index (χ3v) is 10.7. The van der Waals surface area contributed by atoms with E-state index < -0.39 is 0 Å². The molecule has 0 N–H and O–H groups in total. The molecule has 0 radical (unpaired) electrons. The standard InChI is InChI=1S/C49H29N7O3/c1-56-39-27-30(19-21-36(39)50-47(56)28-11-3-2-4-12-28)45-53-44(29-20-22-41-35(26-29)34-13-5-8-16-40(34)57-41)54-46(55-45)31-23-32(48-51-37-14-6-9-17-42(37)58-48)25-33(24-31)49-52-38-15-7-10-18-43(38)59-49/h2-27H,1H3. The topological polar surface area (TPSA) is 122 Å². The normalized spacial score (nSPS) is 11.8. The van der Waals surface area contributed by atoms with Crippen LogP contribution in [0.3, 0.4) is 0 Å². The minimum Gasteiger partial charge on any atom is -0.456 e. The summed E-state index contributed by atoms with van der Waals surface area (Å²) in [5.74, 6) is 3.23. The highest BCUT2D eigenvalue weighted by atomic mass is 16.4. The largest absolute Gasteiger partial charge is 0.456 e. The van der Waals surface area contributed by atoms with E-state index >= 15 is 0 Å². The van der Waals surface area contributed by atoms with Crippen molar-refractivity contribution in [2.24, 2.45) is 7.05 Å². The van der Waals surface area contributed by atoms with Gasteiger partial charge in [-0.2, -0.15) is 0 Å². The van der Waals surface area contributed by atoms with Crippen molar-refractivity contribution >= 4 is 55.2 Å². The number of fused-ring (bicyclic) bond motifs is 6. The third kappa shape index (κ3) is 5.57. The Morgan fingerprint density at radius 3 is 1.58 bits per heavy atom. The second-order valence-corrected chi connectivity index (χ2v) is 14.5. The van der Waals surface area contributed by atoms with Crippen LogP contribution in [0.15, 0.2) is 171 Å². The Labute approximate surface area is 335 Å².